The van der Waals surface area contributed by atoms with Crippen LogP contribution >= 0.6 is 0 Å². The molecule has 1 aromatic carbocycles. The Kier molecular flexibility index (Phi) is 2.67. The Bertz CT molecular complexity index is 529. The summed E-state index contributed by atoms with van der Waals surface area (Å²) < 4.78 is 5.40. The van der Waals surface area contributed by atoms with Gasteiger partial charge >= 0.3 is 0 Å². The molecule has 0 saturated heterocycles. The maximum atomic E-state index is 12.0. The molecule has 4 heteroatoms. The van der Waals surface area contributed by atoms with Crippen molar-refractivity contribution in [1.82, 2.24) is 5.32 Å². The van der Waals surface area contributed by atoms with Gasteiger partial charge in [0, 0.05) is 12.0 Å². The molecule has 92 valence electrons. The smallest absolute Gasteiger partial charge is 0.252 e. The monoisotopic (exact) mass is 242 g/mol. The summed E-state index contributed by atoms with van der Waals surface area (Å²) >= 11 is 0. The van der Waals surface area contributed by atoms with Gasteiger partial charge in [0.15, 0.2) is 0 Å². The fraction of sp³-hybridized carbons (Fsp3) is 0.429. The van der Waals surface area contributed by atoms with Gasteiger partial charge in [-0.15, -0.1) is 0 Å². The molecule has 18 heavy (non-hydrogen) atoms. The van der Waals surface area contributed by atoms with Crippen LogP contribution in [0, 0.1) is 17.2 Å². The molecule has 1 saturated carbocycles. The number of hydrogen-bond acceptors (Lipinski definition) is 3. The lowest BCUT2D eigenvalue weighted by molar-refractivity contribution is 0.0942. The molecular formula is C14H14N2O2. The molecule has 1 atom stereocenters. The largest absolute Gasteiger partial charge is 0.493 e. The number of benzene rings is 1. The summed E-state index contributed by atoms with van der Waals surface area (Å²) in [6, 6.07) is 7.26. The van der Waals surface area contributed by atoms with Crippen molar-refractivity contribution in [2.24, 2.45) is 5.92 Å². The second kappa shape index (κ2) is 4.34. The molecule has 1 N–H and O–H groups in total. The highest BCUT2D eigenvalue weighted by atomic mass is 16.5. The third-order valence-corrected chi connectivity index (χ3v) is 3.47. The van der Waals surface area contributed by atoms with E-state index in [9.17, 15) is 4.79 Å². The lowest BCUT2D eigenvalue weighted by Crippen LogP contribution is -2.35. The summed E-state index contributed by atoms with van der Waals surface area (Å²) in [5.74, 6) is 1.05. The summed E-state index contributed by atoms with van der Waals surface area (Å²) in [6.07, 6.45) is 2.92. The van der Waals surface area contributed by atoms with Crippen LogP contribution < -0.4 is 10.1 Å². The molecule has 1 aliphatic carbocycles. The highest BCUT2D eigenvalue weighted by Gasteiger charge is 2.32. The number of carbonyl (C=O) groups excluding carboxylic acids is 1. The van der Waals surface area contributed by atoms with Gasteiger partial charge in [0.05, 0.1) is 12.7 Å². The topological polar surface area (TPSA) is 62.1 Å². The number of amides is 1. The van der Waals surface area contributed by atoms with Gasteiger partial charge in [-0.05, 0) is 42.5 Å². The zero-order valence-electron chi connectivity index (χ0n) is 9.98. The predicted octanol–water partition coefficient (Wildman–Crippen LogP) is 1.65. The van der Waals surface area contributed by atoms with Gasteiger partial charge in [-0.1, -0.05) is 0 Å². The van der Waals surface area contributed by atoms with E-state index >= 15 is 0 Å². The maximum absolute atomic E-state index is 12.0. The second-order valence-corrected chi connectivity index (χ2v) is 4.84. The Balaban J connectivity index is 1.74. The van der Waals surface area contributed by atoms with Crippen molar-refractivity contribution in [2.45, 2.75) is 25.3 Å². The highest BCUT2D eigenvalue weighted by molar-refractivity contribution is 5.95. The molecule has 4 nitrogen and oxygen atoms in total. The van der Waals surface area contributed by atoms with Crippen molar-refractivity contribution in [1.29, 1.82) is 5.26 Å². The Morgan fingerprint density at radius 3 is 3.06 bits per heavy atom. The molecule has 1 amide bonds. The summed E-state index contributed by atoms with van der Waals surface area (Å²) in [7, 11) is 0. The minimum absolute atomic E-state index is 0.164. The lowest BCUT2D eigenvalue weighted by atomic mass is 10.1. The number of carbonyl (C=O) groups is 1. The van der Waals surface area contributed by atoms with Crippen LogP contribution in [0.5, 0.6) is 5.75 Å². The molecule has 0 radical (unpaired) electrons. The van der Waals surface area contributed by atoms with E-state index < -0.39 is 0 Å². The zero-order chi connectivity index (χ0) is 12.5. The Hall–Kier alpha value is -2.02. The average molecular weight is 242 g/mol. The van der Waals surface area contributed by atoms with E-state index in [-0.39, 0.29) is 11.9 Å². The van der Waals surface area contributed by atoms with Gasteiger partial charge in [0.25, 0.3) is 5.91 Å². The van der Waals surface area contributed by atoms with Gasteiger partial charge in [0.1, 0.15) is 11.8 Å². The quantitative estimate of drug-likeness (QED) is 0.876. The van der Waals surface area contributed by atoms with Crippen molar-refractivity contribution in [2.75, 3.05) is 6.61 Å². The first kappa shape index (κ1) is 11.1. The normalized spacial score (nSPS) is 18.4. The SMILES string of the molecule is N#CC(NC(=O)c1ccc2c(c1)CCO2)C1CC1. The summed E-state index contributed by atoms with van der Waals surface area (Å²) in [5, 5.41) is 11.8. The molecule has 3 rings (SSSR count). The molecule has 1 aliphatic heterocycles. The minimum atomic E-state index is -0.345. The van der Waals surface area contributed by atoms with Gasteiger partial charge in [0.2, 0.25) is 0 Å². The van der Waals surface area contributed by atoms with E-state index in [1.807, 2.05) is 12.1 Å². The molecule has 0 spiro atoms. The van der Waals surface area contributed by atoms with Crippen molar-refractivity contribution >= 4 is 5.91 Å². The van der Waals surface area contributed by atoms with E-state index in [1.54, 1.807) is 6.07 Å². The number of hydrogen-bond donors (Lipinski definition) is 1. The van der Waals surface area contributed by atoms with Crippen molar-refractivity contribution in [3.63, 3.8) is 0 Å². The molecule has 1 heterocycles. The van der Waals surface area contributed by atoms with Crippen LogP contribution in [0.15, 0.2) is 18.2 Å². The van der Waals surface area contributed by atoms with Crippen LogP contribution in [-0.2, 0) is 6.42 Å². The Morgan fingerprint density at radius 2 is 2.33 bits per heavy atom. The lowest BCUT2D eigenvalue weighted by Gasteiger charge is -2.10. The second-order valence-electron chi connectivity index (χ2n) is 4.84. The third-order valence-electron chi connectivity index (χ3n) is 3.47. The molecule has 0 aromatic heterocycles. The van der Waals surface area contributed by atoms with E-state index in [0.29, 0.717) is 18.1 Å². The van der Waals surface area contributed by atoms with Crippen LogP contribution in [0.2, 0.25) is 0 Å². The van der Waals surface area contributed by atoms with Crippen molar-refractivity contribution in [3.8, 4) is 11.8 Å². The first-order valence-corrected chi connectivity index (χ1v) is 6.24. The van der Waals surface area contributed by atoms with E-state index in [2.05, 4.69) is 11.4 Å². The fourth-order valence-electron chi connectivity index (χ4n) is 2.24. The van der Waals surface area contributed by atoms with Crippen molar-refractivity contribution < 1.29 is 9.53 Å². The first-order valence-electron chi connectivity index (χ1n) is 6.24. The van der Waals surface area contributed by atoms with E-state index in [1.165, 1.54) is 0 Å². The zero-order valence-corrected chi connectivity index (χ0v) is 9.98. The average Bonchev–Trinajstić information content (AvgIpc) is 3.12. The fourth-order valence-corrected chi connectivity index (χ4v) is 2.24. The van der Waals surface area contributed by atoms with Gasteiger partial charge in [-0.25, -0.2) is 0 Å². The molecule has 2 aliphatic rings. The van der Waals surface area contributed by atoms with Gasteiger partial charge in [-0.2, -0.15) is 5.26 Å². The minimum Gasteiger partial charge on any atom is -0.493 e. The van der Waals surface area contributed by atoms with E-state index in [4.69, 9.17) is 10.00 Å². The number of fused-ring (bicyclic) bond motifs is 1. The van der Waals surface area contributed by atoms with Crippen LogP contribution in [-0.4, -0.2) is 18.6 Å². The Morgan fingerprint density at radius 1 is 1.50 bits per heavy atom. The number of ether oxygens (including phenoxy) is 1. The summed E-state index contributed by atoms with van der Waals surface area (Å²) in [4.78, 5) is 12.0. The number of nitrogens with one attached hydrogen (secondary N) is 1. The van der Waals surface area contributed by atoms with Gasteiger partial charge in [-0.3, -0.25) is 4.79 Å². The summed E-state index contributed by atoms with van der Waals surface area (Å²) in [6.45, 7) is 0.684. The highest BCUT2D eigenvalue weighted by Crippen LogP contribution is 2.32. The molecular weight excluding hydrogens is 228 g/mol. The molecule has 0 bridgehead atoms. The first-order chi connectivity index (χ1) is 8.78. The van der Waals surface area contributed by atoms with Gasteiger partial charge < -0.3 is 10.1 Å². The van der Waals surface area contributed by atoms with Crippen molar-refractivity contribution in [3.05, 3.63) is 29.3 Å². The molecule has 1 unspecified atom stereocenters. The van der Waals surface area contributed by atoms with Crippen LogP contribution in [0.4, 0.5) is 0 Å². The van der Waals surface area contributed by atoms with E-state index in [0.717, 1.165) is 30.6 Å². The molecule has 1 aromatic rings. The van der Waals surface area contributed by atoms with Crippen LogP contribution in [0.3, 0.4) is 0 Å². The Labute approximate surface area is 106 Å². The number of rotatable bonds is 3. The summed E-state index contributed by atoms with van der Waals surface area (Å²) in [5.41, 5.74) is 1.68. The molecule has 1 fully saturated rings. The van der Waals surface area contributed by atoms with Crippen LogP contribution in [0.25, 0.3) is 0 Å². The number of nitriles is 1. The van der Waals surface area contributed by atoms with Crippen LogP contribution in [0.1, 0.15) is 28.8 Å². The maximum Gasteiger partial charge on any atom is 0.252 e. The number of nitrogens with zero attached hydrogens (tertiary/aromatic N) is 1. The third kappa shape index (κ3) is 2.04. The predicted molar refractivity (Wildman–Crippen MR) is 65.2 cm³/mol. The standard InChI is InChI=1S/C14H14N2O2/c15-8-12(9-1-2-9)16-14(17)11-3-4-13-10(7-11)5-6-18-13/h3-4,7,9,12H,1-2,5-6H2,(H,16,17).